The quantitative estimate of drug-likeness (QED) is 0.303. The van der Waals surface area contributed by atoms with Crippen LogP contribution in [0.2, 0.25) is 5.02 Å². The first-order valence-corrected chi connectivity index (χ1v) is 13.6. The minimum Gasteiger partial charge on any atom is -0.352 e. The summed E-state index contributed by atoms with van der Waals surface area (Å²) in [5, 5.41) is 3.66. The molecule has 3 rings (SSSR count). The molecule has 36 heavy (non-hydrogen) atoms. The van der Waals surface area contributed by atoms with Gasteiger partial charge in [0, 0.05) is 29.8 Å². The highest BCUT2D eigenvalue weighted by Crippen LogP contribution is 2.20. The van der Waals surface area contributed by atoms with E-state index in [2.05, 4.69) is 5.32 Å². The van der Waals surface area contributed by atoms with Crippen LogP contribution in [0.4, 0.5) is 4.39 Å². The Kier molecular flexibility index (Phi) is 10.8. The number of rotatable bonds is 12. The van der Waals surface area contributed by atoms with Crippen LogP contribution in [0.5, 0.6) is 0 Å². The zero-order valence-corrected chi connectivity index (χ0v) is 22.2. The number of nitrogens with one attached hydrogen (secondary N) is 1. The lowest BCUT2D eigenvalue weighted by Gasteiger charge is -2.32. The fourth-order valence-corrected chi connectivity index (χ4v) is 4.75. The Morgan fingerprint density at radius 1 is 0.972 bits per heavy atom. The standard InChI is InChI=1S/C29H32ClFN2O2S/c1-3-21(2)32-29(35)27(17-22-9-5-4-6-10-22)33(18-23-13-15-25(30)16-14-23)28(34)20-36-19-24-11-7-8-12-26(24)31/h4-16,21,27H,3,17-20H2,1-2H3,(H,32,35)/t21-,27+/m1/s1. The normalized spacial score (nSPS) is 12.6. The first-order chi connectivity index (χ1) is 17.4. The highest BCUT2D eigenvalue weighted by atomic mass is 35.5. The van der Waals surface area contributed by atoms with Crippen LogP contribution in [0, 0.1) is 5.82 Å². The van der Waals surface area contributed by atoms with Gasteiger partial charge in [-0.05, 0) is 48.2 Å². The lowest BCUT2D eigenvalue weighted by atomic mass is 10.0. The number of carbonyl (C=O) groups excluding carboxylic acids is 2. The second-order valence-electron chi connectivity index (χ2n) is 8.76. The molecule has 0 aliphatic heterocycles. The molecule has 0 aliphatic carbocycles. The molecule has 0 unspecified atom stereocenters. The van der Waals surface area contributed by atoms with E-state index in [-0.39, 0.29) is 36.0 Å². The minimum absolute atomic E-state index is 0.0151. The van der Waals surface area contributed by atoms with E-state index in [9.17, 15) is 14.0 Å². The van der Waals surface area contributed by atoms with Gasteiger partial charge in [-0.25, -0.2) is 4.39 Å². The number of amides is 2. The maximum absolute atomic E-state index is 14.1. The van der Waals surface area contributed by atoms with Gasteiger partial charge >= 0.3 is 0 Å². The van der Waals surface area contributed by atoms with Crippen LogP contribution in [0.1, 0.15) is 37.0 Å². The molecule has 1 N–H and O–H groups in total. The first kappa shape index (κ1) is 27.8. The van der Waals surface area contributed by atoms with Crippen molar-refractivity contribution in [2.24, 2.45) is 0 Å². The number of halogens is 2. The van der Waals surface area contributed by atoms with E-state index in [1.807, 2.05) is 56.3 Å². The minimum atomic E-state index is -0.696. The van der Waals surface area contributed by atoms with Crippen molar-refractivity contribution in [3.05, 3.63) is 106 Å². The summed E-state index contributed by atoms with van der Waals surface area (Å²) in [7, 11) is 0. The smallest absolute Gasteiger partial charge is 0.243 e. The molecule has 0 saturated heterocycles. The Balaban J connectivity index is 1.85. The van der Waals surface area contributed by atoms with Gasteiger partial charge in [0.05, 0.1) is 5.75 Å². The predicted octanol–water partition coefficient (Wildman–Crippen LogP) is 6.27. The molecule has 3 aromatic carbocycles. The summed E-state index contributed by atoms with van der Waals surface area (Å²) in [5.41, 5.74) is 2.39. The third kappa shape index (κ3) is 8.38. The molecule has 0 saturated carbocycles. The highest BCUT2D eigenvalue weighted by molar-refractivity contribution is 7.99. The average Bonchev–Trinajstić information content (AvgIpc) is 2.88. The fourth-order valence-electron chi connectivity index (χ4n) is 3.73. The summed E-state index contributed by atoms with van der Waals surface area (Å²) >= 11 is 7.40. The van der Waals surface area contributed by atoms with Crippen LogP contribution < -0.4 is 5.32 Å². The summed E-state index contributed by atoms with van der Waals surface area (Å²) in [4.78, 5) is 28.7. The second-order valence-corrected chi connectivity index (χ2v) is 10.2. The molecule has 0 spiro atoms. The summed E-state index contributed by atoms with van der Waals surface area (Å²) in [5.74, 6) is -0.147. The van der Waals surface area contributed by atoms with Crippen molar-refractivity contribution >= 4 is 35.2 Å². The van der Waals surface area contributed by atoms with E-state index in [0.717, 1.165) is 17.5 Å². The van der Waals surface area contributed by atoms with Crippen LogP contribution in [0.25, 0.3) is 0 Å². The summed E-state index contributed by atoms with van der Waals surface area (Å²) < 4.78 is 14.1. The van der Waals surface area contributed by atoms with Crippen molar-refractivity contribution in [3.8, 4) is 0 Å². The highest BCUT2D eigenvalue weighted by Gasteiger charge is 2.30. The number of thioether (sulfide) groups is 1. The van der Waals surface area contributed by atoms with E-state index in [0.29, 0.717) is 22.8 Å². The molecular weight excluding hydrogens is 495 g/mol. The van der Waals surface area contributed by atoms with Crippen LogP contribution in [-0.2, 0) is 28.3 Å². The SMILES string of the molecule is CC[C@@H](C)NC(=O)[C@H](Cc1ccccc1)N(Cc1ccc(Cl)cc1)C(=O)CSCc1ccccc1F. The lowest BCUT2D eigenvalue weighted by Crippen LogP contribution is -2.52. The molecule has 7 heteroatoms. The van der Waals surface area contributed by atoms with E-state index >= 15 is 0 Å². The summed E-state index contributed by atoms with van der Waals surface area (Å²) in [6, 6.07) is 22.8. The maximum atomic E-state index is 14.1. The predicted molar refractivity (Wildman–Crippen MR) is 146 cm³/mol. The van der Waals surface area contributed by atoms with Gasteiger partial charge in [0.1, 0.15) is 11.9 Å². The van der Waals surface area contributed by atoms with Gasteiger partial charge in [-0.1, -0.05) is 79.2 Å². The monoisotopic (exact) mass is 526 g/mol. The number of nitrogens with zero attached hydrogens (tertiary/aromatic N) is 1. The van der Waals surface area contributed by atoms with Crippen LogP contribution in [-0.4, -0.2) is 34.6 Å². The van der Waals surface area contributed by atoms with Crippen LogP contribution in [0.3, 0.4) is 0 Å². The molecule has 0 heterocycles. The van der Waals surface area contributed by atoms with Gasteiger partial charge in [-0.2, -0.15) is 0 Å². The van der Waals surface area contributed by atoms with Gasteiger partial charge in [0.25, 0.3) is 0 Å². The Bertz CT molecular complexity index is 1130. The average molecular weight is 527 g/mol. The molecule has 2 amide bonds. The first-order valence-electron chi connectivity index (χ1n) is 12.1. The second kappa shape index (κ2) is 14.0. The zero-order chi connectivity index (χ0) is 25.9. The number of hydrogen-bond donors (Lipinski definition) is 1. The van der Waals surface area contributed by atoms with Gasteiger partial charge in [-0.3, -0.25) is 9.59 Å². The zero-order valence-electron chi connectivity index (χ0n) is 20.6. The molecule has 2 atom stereocenters. The van der Waals surface area contributed by atoms with Gasteiger partial charge in [0.2, 0.25) is 11.8 Å². The molecule has 4 nitrogen and oxygen atoms in total. The van der Waals surface area contributed by atoms with Crippen molar-refractivity contribution in [2.45, 2.75) is 51.1 Å². The molecule has 0 bridgehead atoms. The van der Waals surface area contributed by atoms with E-state index in [1.165, 1.54) is 17.8 Å². The number of carbonyl (C=O) groups is 2. The Hall–Kier alpha value is -2.83. The Morgan fingerprint density at radius 2 is 1.64 bits per heavy atom. The third-order valence-corrected chi connectivity index (χ3v) is 7.20. The van der Waals surface area contributed by atoms with Gasteiger partial charge in [-0.15, -0.1) is 11.8 Å². The van der Waals surface area contributed by atoms with Crippen LogP contribution >= 0.6 is 23.4 Å². The topological polar surface area (TPSA) is 49.4 Å². The van der Waals surface area contributed by atoms with E-state index < -0.39 is 6.04 Å². The molecule has 3 aromatic rings. The van der Waals surface area contributed by atoms with Gasteiger partial charge < -0.3 is 10.2 Å². The Morgan fingerprint density at radius 3 is 2.31 bits per heavy atom. The van der Waals surface area contributed by atoms with E-state index in [4.69, 9.17) is 11.6 Å². The third-order valence-electron chi connectivity index (χ3n) is 5.98. The van der Waals surface area contributed by atoms with Gasteiger partial charge in [0.15, 0.2) is 0 Å². The fraction of sp³-hybridized carbons (Fsp3) is 0.310. The van der Waals surface area contributed by atoms with Crippen LogP contribution in [0.15, 0.2) is 78.9 Å². The largest absolute Gasteiger partial charge is 0.352 e. The maximum Gasteiger partial charge on any atom is 0.243 e. The van der Waals surface area contributed by atoms with E-state index in [1.54, 1.807) is 35.2 Å². The molecule has 0 aromatic heterocycles. The van der Waals surface area contributed by atoms with Crippen molar-refractivity contribution in [2.75, 3.05) is 5.75 Å². The molecule has 0 fully saturated rings. The molecule has 0 aliphatic rings. The van der Waals surface area contributed by atoms with Crippen molar-refractivity contribution in [1.82, 2.24) is 10.2 Å². The number of hydrogen-bond acceptors (Lipinski definition) is 3. The molecule has 0 radical (unpaired) electrons. The van der Waals surface area contributed by atoms with Crippen molar-refractivity contribution in [1.29, 1.82) is 0 Å². The number of benzene rings is 3. The molecular formula is C29H32ClFN2O2S. The summed E-state index contributed by atoms with van der Waals surface area (Å²) in [6.45, 7) is 4.22. The Labute approximate surface area is 222 Å². The van der Waals surface area contributed by atoms with Crippen molar-refractivity contribution < 1.29 is 14.0 Å². The molecule has 190 valence electrons. The lowest BCUT2D eigenvalue weighted by molar-refractivity contribution is -0.139. The summed E-state index contributed by atoms with van der Waals surface area (Å²) in [6.07, 6.45) is 1.17. The van der Waals surface area contributed by atoms with Crippen molar-refractivity contribution in [3.63, 3.8) is 0 Å².